The van der Waals surface area contributed by atoms with E-state index in [1.165, 1.54) is 5.56 Å². The molecule has 7 nitrogen and oxygen atoms in total. The summed E-state index contributed by atoms with van der Waals surface area (Å²) in [6.07, 6.45) is 1.20. The average molecular weight is 423 g/mol. The Balaban J connectivity index is 1.34. The lowest BCUT2D eigenvalue weighted by Gasteiger charge is -2.34. The minimum Gasteiger partial charge on any atom is -0.336 e. The fraction of sp³-hybridized carbons (Fsp3) is 0.375. The molecule has 1 fully saturated rings. The summed E-state index contributed by atoms with van der Waals surface area (Å²) in [5.41, 5.74) is 2.90. The van der Waals surface area contributed by atoms with Crippen molar-refractivity contribution in [2.24, 2.45) is 0 Å². The molecular formula is C24H30N4O3. The topological polar surface area (TPSA) is 81.8 Å². The van der Waals surface area contributed by atoms with Crippen molar-refractivity contribution in [1.82, 2.24) is 20.4 Å². The molecule has 7 heteroatoms. The summed E-state index contributed by atoms with van der Waals surface area (Å²) in [5.74, 6) is -0.254. The van der Waals surface area contributed by atoms with Gasteiger partial charge in [-0.1, -0.05) is 49.4 Å². The molecule has 0 bridgehead atoms. The van der Waals surface area contributed by atoms with E-state index in [0.29, 0.717) is 44.8 Å². The molecule has 1 saturated heterocycles. The van der Waals surface area contributed by atoms with Crippen LogP contribution < -0.4 is 10.6 Å². The Bertz CT molecular complexity index is 875. The van der Waals surface area contributed by atoms with Gasteiger partial charge in [0.2, 0.25) is 5.91 Å². The minimum absolute atomic E-state index is 0.0510. The number of carbonyl (C=O) groups excluding carboxylic acids is 3. The lowest BCUT2D eigenvalue weighted by molar-refractivity contribution is -0.120. The van der Waals surface area contributed by atoms with Crippen LogP contribution in [0, 0.1) is 0 Å². The first-order valence-corrected chi connectivity index (χ1v) is 10.8. The largest absolute Gasteiger partial charge is 0.336 e. The van der Waals surface area contributed by atoms with E-state index in [9.17, 15) is 14.4 Å². The highest BCUT2D eigenvalue weighted by atomic mass is 16.2. The number of nitrogens with zero attached hydrogens (tertiary/aromatic N) is 2. The third-order valence-corrected chi connectivity index (χ3v) is 5.47. The second-order valence-corrected chi connectivity index (χ2v) is 7.65. The number of hydrogen-bond donors (Lipinski definition) is 2. The van der Waals surface area contributed by atoms with Gasteiger partial charge in [-0.05, 0) is 29.7 Å². The zero-order chi connectivity index (χ0) is 22.1. The quantitative estimate of drug-likeness (QED) is 0.718. The molecule has 4 amide bonds. The molecule has 0 atom stereocenters. The van der Waals surface area contributed by atoms with E-state index in [1.807, 2.05) is 59.5 Å². The number of nitrogens with one attached hydrogen (secondary N) is 2. The molecular weight excluding hydrogens is 392 g/mol. The minimum atomic E-state index is -0.488. The molecule has 0 saturated carbocycles. The summed E-state index contributed by atoms with van der Waals surface area (Å²) in [6, 6.07) is 16.8. The van der Waals surface area contributed by atoms with Gasteiger partial charge < -0.3 is 10.2 Å². The van der Waals surface area contributed by atoms with Crippen molar-refractivity contribution in [3.05, 3.63) is 71.3 Å². The van der Waals surface area contributed by atoms with Gasteiger partial charge in [-0.25, -0.2) is 4.79 Å². The Morgan fingerprint density at radius 1 is 0.871 bits per heavy atom. The van der Waals surface area contributed by atoms with Crippen molar-refractivity contribution in [2.45, 2.75) is 26.3 Å². The van der Waals surface area contributed by atoms with Crippen molar-refractivity contribution in [1.29, 1.82) is 0 Å². The van der Waals surface area contributed by atoms with Crippen LogP contribution in [0.5, 0.6) is 0 Å². The number of hydrogen-bond acceptors (Lipinski definition) is 4. The van der Waals surface area contributed by atoms with Gasteiger partial charge in [-0.15, -0.1) is 0 Å². The Kier molecular flexibility index (Phi) is 8.18. The monoisotopic (exact) mass is 422 g/mol. The second-order valence-electron chi connectivity index (χ2n) is 7.65. The second kappa shape index (κ2) is 11.3. The summed E-state index contributed by atoms with van der Waals surface area (Å²) in [5, 5.41) is 5.05. The fourth-order valence-electron chi connectivity index (χ4n) is 3.51. The van der Waals surface area contributed by atoms with E-state index in [1.54, 1.807) is 0 Å². The molecule has 1 aliphatic rings. The predicted molar refractivity (Wildman–Crippen MR) is 120 cm³/mol. The Morgan fingerprint density at radius 2 is 1.55 bits per heavy atom. The van der Waals surface area contributed by atoms with Gasteiger partial charge in [0.05, 0.1) is 0 Å². The molecule has 3 rings (SSSR count). The molecule has 0 unspecified atom stereocenters. The zero-order valence-corrected chi connectivity index (χ0v) is 18.0. The maximum absolute atomic E-state index is 12.7. The van der Waals surface area contributed by atoms with Crippen LogP contribution in [0.15, 0.2) is 54.6 Å². The van der Waals surface area contributed by atoms with Gasteiger partial charge >= 0.3 is 6.03 Å². The summed E-state index contributed by atoms with van der Waals surface area (Å²) in [6.45, 7) is 5.72. The van der Waals surface area contributed by atoms with E-state index >= 15 is 0 Å². The van der Waals surface area contributed by atoms with Gasteiger partial charge in [0.1, 0.15) is 0 Å². The number of aryl methyl sites for hydroxylation is 1. The van der Waals surface area contributed by atoms with Gasteiger partial charge in [0, 0.05) is 51.3 Å². The van der Waals surface area contributed by atoms with Crippen LogP contribution in [0.2, 0.25) is 0 Å². The highest BCUT2D eigenvalue weighted by molar-refractivity contribution is 5.95. The predicted octanol–water partition coefficient (Wildman–Crippen LogP) is 2.42. The van der Waals surface area contributed by atoms with E-state index < -0.39 is 6.03 Å². The van der Waals surface area contributed by atoms with Crippen molar-refractivity contribution in [3.63, 3.8) is 0 Å². The highest BCUT2D eigenvalue weighted by Gasteiger charge is 2.22. The normalized spacial score (nSPS) is 14.2. The lowest BCUT2D eigenvalue weighted by atomic mass is 10.1. The molecule has 0 radical (unpaired) electrons. The van der Waals surface area contributed by atoms with Crippen LogP contribution in [0.4, 0.5) is 4.79 Å². The van der Waals surface area contributed by atoms with Gasteiger partial charge in [0.25, 0.3) is 5.91 Å². The number of urea groups is 1. The van der Waals surface area contributed by atoms with Gasteiger partial charge in [-0.3, -0.25) is 19.8 Å². The molecule has 0 aromatic heterocycles. The number of carbonyl (C=O) groups is 3. The summed E-state index contributed by atoms with van der Waals surface area (Å²) in [7, 11) is 0. The molecule has 1 heterocycles. The van der Waals surface area contributed by atoms with E-state index in [0.717, 1.165) is 12.0 Å². The van der Waals surface area contributed by atoms with Crippen LogP contribution >= 0.6 is 0 Å². The number of amides is 4. The van der Waals surface area contributed by atoms with Crippen molar-refractivity contribution >= 4 is 17.8 Å². The SMILES string of the molecule is CCc1ccc(C(=O)N2CCN(CCC(=O)NC(=O)NCc3ccccc3)CC2)cc1. The first-order valence-electron chi connectivity index (χ1n) is 10.8. The van der Waals surface area contributed by atoms with Gasteiger partial charge in [-0.2, -0.15) is 0 Å². The first-order chi connectivity index (χ1) is 15.0. The maximum atomic E-state index is 12.7. The number of benzene rings is 2. The molecule has 0 aliphatic carbocycles. The summed E-state index contributed by atoms with van der Waals surface area (Å²) >= 11 is 0. The lowest BCUT2D eigenvalue weighted by Crippen LogP contribution is -2.49. The first kappa shape index (κ1) is 22.5. The van der Waals surface area contributed by atoms with Crippen LogP contribution in [-0.2, 0) is 17.8 Å². The zero-order valence-electron chi connectivity index (χ0n) is 18.0. The molecule has 2 aromatic rings. The van der Waals surface area contributed by atoms with Crippen LogP contribution in [-0.4, -0.2) is 60.4 Å². The number of rotatable bonds is 7. The van der Waals surface area contributed by atoms with Crippen molar-refractivity contribution in [3.8, 4) is 0 Å². The smallest absolute Gasteiger partial charge is 0.321 e. The Hall–Kier alpha value is -3.19. The summed E-state index contributed by atoms with van der Waals surface area (Å²) < 4.78 is 0. The Labute approximate surface area is 183 Å². The molecule has 2 aromatic carbocycles. The standard InChI is InChI=1S/C24H30N4O3/c1-2-19-8-10-21(11-9-19)23(30)28-16-14-27(15-17-28)13-12-22(29)26-24(31)25-18-20-6-4-3-5-7-20/h3-11H,2,12-18H2,1H3,(H2,25,26,29,31). The van der Waals surface area contributed by atoms with Crippen molar-refractivity contribution in [2.75, 3.05) is 32.7 Å². The number of imide groups is 1. The van der Waals surface area contributed by atoms with Crippen LogP contribution in [0.1, 0.15) is 34.8 Å². The molecule has 1 aliphatic heterocycles. The average Bonchev–Trinajstić information content (AvgIpc) is 2.82. The Morgan fingerprint density at radius 3 is 2.19 bits per heavy atom. The van der Waals surface area contributed by atoms with Gasteiger partial charge in [0.15, 0.2) is 0 Å². The van der Waals surface area contributed by atoms with E-state index in [-0.39, 0.29) is 18.2 Å². The third-order valence-electron chi connectivity index (χ3n) is 5.47. The van der Waals surface area contributed by atoms with Crippen LogP contribution in [0.25, 0.3) is 0 Å². The van der Waals surface area contributed by atoms with Crippen LogP contribution in [0.3, 0.4) is 0 Å². The maximum Gasteiger partial charge on any atom is 0.321 e. The van der Waals surface area contributed by atoms with Crippen molar-refractivity contribution < 1.29 is 14.4 Å². The van der Waals surface area contributed by atoms with E-state index in [4.69, 9.17) is 0 Å². The molecule has 164 valence electrons. The fourth-order valence-corrected chi connectivity index (χ4v) is 3.51. The third kappa shape index (κ3) is 6.93. The van der Waals surface area contributed by atoms with E-state index in [2.05, 4.69) is 22.5 Å². The molecule has 0 spiro atoms. The number of piperazine rings is 1. The summed E-state index contributed by atoms with van der Waals surface area (Å²) in [4.78, 5) is 40.6. The highest BCUT2D eigenvalue weighted by Crippen LogP contribution is 2.11. The molecule has 2 N–H and O–H groups in total. The molecule has 31 heavy (non-hydrogen) atoms.